The topological polar surface area (TPSA) is 177 Å². The van der Waals surface area contributed by atoms with Crippen molar-refractivity contribution in [1.82, 2.24) is 29.5 Å². The molecule has 0 aliphatic carbocycles. The lowest BCUT2D eigenvalue weighted by Gasteiger charge is -2.12. The van der Waals surface area contributed by atoms with Crippen molar-refractivity contribution in [3.05, 3.63) is 42.2 Å². The molecule has 0 bridgehead atoms. The van der Waals surface area contributed by atoms with Crippen LogP contribution in [0.5, 0.6) is 11.8 Å². The Kier molecular flexibility index (Phi) is 8.14. The molecule has 15 heteroatoms. The molecule has 0 unspecified atom stereocenters. The highest BCUT2D eigenvalue weighted by molar-refractivity contribution is 7.90. The summed E-state index contributed by atoms with van der Waals surface area (Å²) in [7, 11) is -1.99. The predicted molar refractivity (Wildman–Crippen MR) is 121 cm³/mol. The summed E-state index contributed by atoms with van der Waals surface area (Å²) in [6.45, 7) is 2.00. The number of ether oxygens (including phenoxy) is 3. The minimum Gasteiger partial charge on any atom is -0.481 e. The molecule has 0 aliphatic heterocycles. The Labute approximate surface area is 200 Å². The zero-order valence-corrected chi connectivity index (χ0v) is 19.9. The lowest BCUT2D eigenvalue weighted by Crippen LogP contribution is -2.36. The third-order valence-corrected chi connectivity index (χ3v) is 5.70. The van der Waals surface area contributed by atoms with Crippen LogP contribution in [0.1, 0.15) is 30.1 Å². The summed E-state index contributed by atoms with van der Waals surface area (Å²) in [5.41, 5.74) is -0.369. The van der Waals surface area contributed by atoms with Gasteiger partial charge in [-0.1, -0.05) is 19.4 Å². The maximum atomic E-state index is 13.2. The van der Waals surface area contributed by atoms with Crippen molar-refractivity contribution < 1.29 is 32.2 Å². The van der Waals surface area contributed by atoms with E-state index in [0.717, 1.165) is 17.3 Å². The van der Waals surface area contributed by atoms with Gasteiger partial charge in [0.05, 0.1) is 33.1 Å². The number of methoxy groups -OCH3 is 2. The average molecular weight is 506 g/mol. The first kappa shape index (κ1) is 25.4. The highest BCUT2D eigenvalue weighted by Crippen LogP contribution is 2.21. The van der Waals surface area contributed by atoms with Crippen LogP contribution in [0.4, 0.5) is 10.7 Å². The second-order valence-corrected chi connectivity index (χ2v) is 8.39. The molecule has 0 aromatic carbocycles. The molecule has 186 valence electrons. The van der Waals surface area contributed by atoms with Crippen molar-refractivity contribution in [2.75, 3.05) is 26.1 Å². The number of aromatic nitrogens is 5. The molecule has 0 atom stereocenters. The molecular formula is C20H23N7O7S. The number of sulfonamides is 1. The molecule has 0 radical (unpaired) electrons. The number of anilines is 1. The first-order valence-corrected chi connectivity index (χ1v) is 11.7. The van der Waals surface area contributed by atoms with Crippen LogP contribution < -0.4 is 19.5 Å². The largest absolute Gasteiger partial charge is 0.481 e. The van der Waals surface area contributed by atoms with Crippen LogP contribution in [-0.2, 0) is 14.8 Å². The molecular weight excluding hydrogens is 482 g/mol. The van der Waals surface area contributed by atoms with Gasteiger partial charge in [0, 0.05) is 6.20 Å². The van der Waals surface area contributed by atoms with Gasteiger partial charge in [0.25, 0.3) is 10.0 Å². The molecule has 0 spiro atoms. The van der Waals surface area contributed by atoms with Crippen molar-refractivity contribution in [3.63, 3.8) is 0 Å². The van der Waals surface area contributed by atoms with Crippen LogP contribution in [0.25, 0.3) is 5.82 Å². The van der Waals surface area contributed by atoms with Crippen LogP contribution >= 0.6 is 0 Å². The van der Waals surface area contributed by atoms with Gasteiger partial charge in [0.2, 0.25) is 17.7 Å². The van der Waals surface area contributed by atoms with E-state index < -0.39 is 27.0 Å². The molecule has 14 nitrogen and oxygen atoms in total. The second kappa shape index (κ2) is 11.2. The number of carbonyl (C=O) groups is 2. The zero-order valence-electron chi connectivity index (χ0n) is 19.1. The fraction of sp³-hybridized carbons (Fsp3) is 0.300. The first-order valence-electron chi connectivity index (χ1n) is 10.3. The van der Waals surface area contributed by atoms with Gasteiger partial charge in [-0.2, -0.15) is 23.5 Å². The normalized spacial score (nSPS) is 10.9. The van der Waals surface area contributed by atoms with Crippen molar-refractivity contribution in [3.8, 4) is 17.6 Å². The number of rotatable bonds is 10. The summed E-state index contributed by atoms with van der Waals surface area (Å²) in [6, 6.07) is 4.86. The number of pyridine rings is 1. The SMILES string of the molecule is CCCCOC(=O)c1cnn(-c2ccccn2)c1S(=O)(=O)NC(=O)Nc1nc(OC)cc(OC)n1. The van der Waals surface area contributed by atoms with Gasteiger partial charge in [0.1, 0.15) is 5.56 Å². The molecule has 2 N–H and O–H groups in total. The average Bonchev–Trinajstić information content (AvgIpc) is 3.30. The van der Waals surface area contributed by atoms with Crippen molar-refractivity contribution >= 4 is 28.0 Å². The van der Waals surface area contributed by atoms with E-state index in [-0.39, 0.29) is 35.7 Å². The molecule has 3 heterocycles. The van der Waals surface area contributed by atoms with E-state index in [9.17, 15) is 18.0 Å². The molecule has 3 aromatic heterocycles. The number of amides is 2. The predicted octanol–water partition coefficient (Wildman–Crippen LogP) is 1.54. The highest BCUT2D eigenvalue weighted by atomic mass is 32.2. The lowest BCUT2D eigenvalue weighted by atomic mass is 10.3. The molecule has 0 fully saturated rings. The third kappa shape index (κ3) is 6.20. The molecule has 3 aromatic rings. The Hall–Kier alpha value is -4.27. The van der Waals surface area contributed by atoms with E-state index in [1.54, 1.807) is 12.1 Å². The summed E-state index contributed by atoms with van der Waals surface area (Å²) in [4.78, 5) is 37.0. The van der Waals surface area contributed by atoms with Crippen molar-refractivity contribution in [2.24, 2.45) is 0 Å². The van der Waals surface area contributed by atoms with Crippen LogP contribution in [0, 0.1) is 0 Å². The third-order valence-electron chi connectivity index (χ3n) is 4.35. The molecule has 0 saturated carbocycles. The maximum Gasteiger partial charge on any atom is 0.342 e. The maximum absolute atomic E-state index is 13.2. The zero-order chi connectivity index (χ0) is 25.4. The number of hydrogen-bond donors (Lipinski definition) is 2. The quantitative estimate of drug-likeness (QED) is 0.302. The number of nitrogens with zero attached hydrogens (tertiary/aromatic N) is 5. The number of hydrogen-bond acceptors (Lipinski definition) is 11. The summed E-state index contributed by atoms with van der Waals surface area (Å²) in [6.07, 6.45) is 3.81. The van der Waals surface area contributed by atoms with Crippen LogP contribution in [0.15, 0.2) is 41.7 Å². The standard InChI is InChI=1S/C20H23N7O7S/c1-4-5-10-34-18(28)13-12-22-27(14-8-6-7-9-21-14)17(13)35(30,31)26-20(29)25-19-23-15(32-2)11-16(24-19)33-3/h6-9,11-12H,4-5,10H2,1-3H3,(H2,23,24,25,26,29). The molecule has 0 saturated heterocycles. The monoisotopic (exact) mass is 505 g/mol. The van der Waals surface area contributed by atoms with E-state index in [2.05, 4.69) is 25.4 Å². The van der Waals surface area contributed by atoms with E-state index >= 15 is 0 Å². The summed E-state index contributed by atoms with van der Waals surface area (Å²) in [5, 5.41) is 5.54. The second-order valence-electron chi connectivity index (χ2n) is 6.79. The van der Waals surface area contributed by atoms with Gasteiger partial charge < -0.3 is 14.2 Å². The number of nitrogens with one attached hydrogen (secondary N) is 2. The van der Waals surface area contributed by atoms with Gasteiger partial charge >= 0.3 is 12.0 Å². The first-order chi connectivity index (χ1) is 16.8. The fourth-order valence-electron chi connectivity index (χ4n) is 2.73. The molecule has 0 aliphatic rings. The Morgan fingerprint density at radius 3 is 2.43 bits per heavy atom. The minimum atomic E-state index is -4.67. The van der Waals surface area contributed by atoms with Crippen molar-refractivity contribution in [1.29, 1.82) is 0 Å². The lowest BCUT2D eigenvalue weighted by molar-refractivity contribution is 0.0494. The highest BCUT2D eigenvalue weighted by Gasteiger charge is 2.32. The Bertz CT molecular complexity index is 1270. The number of esters is 1. The number of urea groups is 1. The summed E-state index contributed by atoms with van der Waals surface area (Å²) < 4.78 is 44.3. The van der Waals surface area contributed by atoms with E-state index in [1.807, 2.05) is 11.6 Å². The molecule has 35 heavy (non-hydrogen) atoms. The van der Waals surface area contributed by atoms with Gasteiger partial charge in [-0.15, -0.1) is 0 Å². The Morgan fingerprint density at radius 1 is 1.11 bits per heavy atom. The Morgan fingerprint density at radius 2 is 1.83 bits per heavy atom. The number of unbranched alkanes of at least 4 members (excludes halogenated alkanes) is 1. The van der Waals surface area contributed by atoms with E-state index in [1.165, 1.54) is 32.5 Å². The fourth-order valence-corrected chi connectivity index (χ4v) is 3.92. The van der Waals surface area contributed by atoms with E-state index in [4.69, 9.17) is 14.2 Å². The van der Waals surface area contributed by atoms with Gasteiger partial charge in [-0.25, -0.2) is 24.0 Å². The Balaban J connectivity index is 1.93. The summed E-state index contributed by atoms with van der Waals surface area (Å²) in [5.74, 6) is -0.962. The van der Waals surface area contributed by atoms with Crippen LogP contribution in [0.2, 0.25) is 0 Å². The molecule has 2 amide bonds. The molecule has 3 rings (SSSR count). The summed E-state index contributed by atoms with van der Waals surface area (Å²) >= 11 is 0. The van der Waals surface area contributed by atoms with Gasteiger partial charge in [0.15, 0.2) is 10.8 Å². The van der Waals surface area contributed by atoms with Gasteiger partial charge in [-0.3, -0.25) is 5.32 Å². The van der Waals surface area contributed by atoms with Crippen LogP contribution in [0.3, 0.4) is 0 Å². The smallest absolute Gasteiger partial charge is 0.342 e. The van der Waals surface area contributed by atoms with Crippen LogP contribution in [-0.4, -0.2) is 66.0 Å². The minimum absolute atomic E-state index is 0.0698. The van der Waals surface area contributed by atoms with Gasteiger partial charge in [-0.05, 0) is 18.6 Å². The van der Waals surface area contributed by atoms with Crippen molar-refractivity contribution in [2.45, 2.75) is 24.8 Å². The number of carbonyl (C=O) groups excluding carboxylic acids is 2. The van der Waals surface area contributed by atoms with E-state index in [0.29, 0.717) is 6.42 Å².